The van der Waals surface area contributed by atoms with Gasteiger partial charge in [0.15, 0.2) is 0 Å². The summed E-state index contributed by atoms with van der Waals surface area (Å²) in [5, 5.41) is 3.56. The van der Waals surface area contributed by atoms with Crippen LogP contribution < -0.4 is 10.2 Å². The molecule has 0 aliphatic carbocycles. The lowest BCUT2D eigenvalue weighted by molar-refractivity contribution is -0.166. The van der Waals surface area contributed by atoms with Crippen LogP contribution in [0.1, 0.15) is 11.1 Å². The minimum Gasteiger partial charge on any atom is -0.358 e. The third-order valence-corrected chi connectivity index (χ3v) is 3.23. The van der Waals surface area contributed by atoms with Crippen molar-refractivity contribution in [3.8, 4) is 5.88 Å². The average Bonchev–Trinajstić information content (AvgIpc) is 2.91. The number of amides is 2. The maximum Gasteiger partial charge on any atom is 0.275 e. The van der Waals surface area contributed by atoms with Crippen molar-refractivity contribution in [2.24, 2.45) is 0 Å². The molecule has 21 heavy (non-hydrogen) atoms. The molecule has 1 saturated heterocycles. The van der Waals surface area contributed by atoms with E-state index in [0.29, 0.717) is 12.3 Å². The highest BCUT2D eigenvalue weighted by atomic mass is 16.7. The zero-order valence-corrected chi connectivity index (χ0v) is 11.3. The molecule has 0 bridgehead atoms. The van der Waals surface area contributed by atoms with Crippen LogP contribution in [0.15, 0.2) is 42.6 Å². The summed E-state index contributed by atoms with van der Waals surface area (Å²) in [5.74, 6) is -0.0115. The third-order valence-electron chi connectivity index (χ3n) is 3.23. The van der Waals surface area contributed by atoms with Crippen molar-refractivity contribution in [3.05, 3.63) is 53.7 Å². The number of nitrogens with zero attached hydrogens (tertiary/aromatic N) is 1. The van der Waals surface area contributed by atoms with E-state index in [9.17, 15) is 9.59 Å². The molecule has 2 aromatic rings. The second-order valence-corrected chi connectivity index (χ2v) is 4.79. The molecule has 2 amide bonds. The number of nitrogens with one attached hydrogen (secondary N) is 2. The maximum absolute atomic E-state index is 11.7. The maximum atomic E-state index is 11.7. The predicted molar refractivity (Wildman–Crippen MR) is 75.4 cm³/mol. The van der Waals surface area contributed by atoms with Gasteiger partial charge in [0.05, 0.1) is 6.54 Å². The number of piperazine rings is 1. The summed E-state index contributed by atoms with van der Waals surface area (Å²) in [6.07, 6.45) is 2.44. The highest BCUT2D eigenvalue weighted by molar-refractivity contribution is 5.91. The number of carbonyl (C=O) groups is 2. The quantitative estimate of drug-likeness (QED) is 0.875. The summed E-state index contributed by atoms with van der Waals surface area (Å²) in [7, 11) is 0. The van der Waals surface area contributed by atoms with Crippen LogP contribution in [-0.2, 0) is 16.0 Å². The standard InChI is InChI=1S/C15H15N3O3/c19-13-10-18(14(20)9-17-13)21-15-12(6-7-16-15)8-11-4-2-1-3-5-11/h1-7,16H,8-10H2,(H,17,19). The van der Waals surface area contributed by atoms with Crippen molar-refractivity contribution in [3.63, 3.8) is 0 Å². The van der Waals surface area contributed by atoms with E-state index in [4.69, 9.17) is 4.84 Å². The Labute approximate surface area is 121 Å². The number of benzene rings is 1. The summed E-state index contributed by atoms with van der Waals surface area (Å²) < 4.78 is 0. The number of hydrogen-bond acceptors (Lipinski definition) is 3. The van der Waals surface area contributed by atoms with Gasteiger partial charge in [0.1, 0.15) is 6.54 Å². The molecule has 1 aromatic heterocycles. The second kappa shape index (κ2) is 5.70. The molecule has 2 N–H and O–H groups in total. The molecule has 0 radical (unpaired) electrons. The molecule has 1 aliphatic heterocycles. The number of aromatic nitrogens is 1. The van der Waals surface area contributed by atoms with Crippen LogP contribution in [-0.4, -0.2) is 35.0 Å². The van der Waals surface area contributed by atoms with Crippen molar-refractivity contribution in [1.29, 1.82) is 0 Å². The van der Waals surface area contributed by atoms with Crippen molar-refractivity contribution < 1.29 is 14.4 Å². The van der Waals surface area contributed by atoms with E-state index < -0.39 is 0 Å². The van der Waals surface area contributed by atoms with Crippen LogP contribution in [0.2, 0.25) is 0 Å². The Balaban J connectivity index is 1.73. The van der Waals surface area contributed by atoms with E-state index in [2.05, 4.69) is 10.3 Å². The van der Waals surface area contributed by atoms with E-state index in [-0.39, 0.29) is 24.9 Å². The van der Waals surface area contributed by atoms with Crippen molar-refractivity contribution in [2.75, 3.05) is 13.1 Å². The fourth-order valence-electron chi connectivity index (χ4n) is 2.16. The first-order valence-corrected chi connectivity index (χ1v) is 6.67. The van der Waals surface area contributed by atoms with Crippen LogP contribution in [0.25, 0.3) is 0 Å². The second-order valence-electron chi connectivity index (χ2n) is 4.79. The number of aromatic amines is 1. The van der Waals surface area contributed by atoms with Gasteiger partial charge >= 0.3 is 0 Å². The first kappa shape index (κ1) is 13.2. The first-order chi connectivity index (χ1) is 10.2. The SMILES string of the molecule is O=C1CN(Oc2[nH]ccc2Cc2ccccc2)C(=O)CN1. The predicted octanol–water partition coefficient (Wildman–Crippen LogP) is 0.858. The van der Waals surface area contributed by atoms with Gasteiger partial charge in [-0.3, -0.25) is 9.59 Å². The molecule has 0 saturated carbocycles. The summed E-state index contributed by atoms with van der Waals surface area (Å²) >= 11 is 0. The fourth-order valence-corrected chi connectivity index (χ4v) is 2.16. The summed E-state index contributed by atoms with van der Waals surface area (Å²) in [6, 6.07) is 11.9. The molecule has 108 valence electrons. The van der Waals surface area contributed by atoms with E-state index in [1.807, 2.05) is 36.4 Å². The van der Waals surface area contributed by atoms with Gasteiger partial charge in [-0.2, -0.15) is 5.06 Å². The molecule has 3 rings (SSSR count). The molecule has 1 aromatic carbocycles. The van der Waals surface area contributed by atoms with Crippen LogP contribution in [0.4, 0.5) is 0 Å². The molecule has 0 spiro atoms. The lowest BCUT2D eigenvalue weighted by Gasteiger charge is -2.25. The number of rotatable bonds is 4. The zero-order chi connectivity index (χ0) is 14.7. The van der Waals surface area contributed by atoms with Gasteiger partial charge in [-0.05, 0) is 11.6 Å². The van der Waals surface area contributed by atoms with E-state index >= 15 is 0 Å². The summed E-state index contributed by atoms with van der Waals surface area (Å²) in [5.41, 5.74) is 2.07. The van der Waals surface area contributed by atoms with Gasteiger partial charge < -0.3 is 15.1 Å². The van der Waals surface area contributed by atoms with Gasteiger partial charge in [-0.25, -0.2) is 0 Å². The number of carbonyl (C=O) groups excluding carboxylic acids is 2. The Hall–Kier alpha value is -2.76. The topological polar surface area (TPSA) is 74.4 Å². The Morgan fingerprint density at radius 2 is 1.95 bits per heavy atom. The molecule has 6 nitrogen and oxygen atoms in total. The van der Waals surface area contributed by atoms with E-state index in [1.165, 1.54) is 0 Å². The van der Waals surface area contributed by atoms with Crippen molar-refractivity contribution in [1.82, 2.24) is 15.4 Å². The van der Waals surface area contributed by atoms with Crippen molar-refractivity contribution >= 4 is 11.8 Å². The summed E-state index contributed by atoms with van der Waals surface area (Å²) in [4.78, 5) is 31.5. The van der Waals surface area contributed by atoms with Crippen LogP contribution in [0.3, 0.4) is 0 Å². The third kappa shape index (κ3) is 3.05. The highest BCUT2D eigenvalue weighted by Crippen LogP contribution is 2.21. The highest BCUT2D eigenvalue weighted by Gasteiger charge is 2.26. The normalized spacial score (nSPS) is 15.0. The molecule has 1 aliphatic rings. The van der Waals surface area contributed by atoms with Crippen LogP contribution >= 0.6 is 0 Å². The lowest BCUT2D eigenvalue weighted by Crippen LogP contribution is -2.52. The van der Waals surface area contributed by atoms with Crippen LogP contribution in [0, 0.1) is 0 Å². The van der Waals surface area contributed by atoms with E-state index in [1.54, 1.807) is 6.20 Å². The van der Waals surface area contributed by atoms with Crippen LogP contribution in [0.5, 0.6) is 5.88 Å². The first-order valence-electron chi connectivity index (χ1n) is 6.67. The van der Waals surface area contributed by atoms with Gasteiger partial charge in [0.25, 0.3) is 5.91 Å². The van der Waals surface area contributed by atoms with Crippen molar-refractivity contribution in [2.45, 2.75) is 6.42 Å². The minimum absolute atomic E-state index is 0.0342. The molecular weight excluding hydrogens is 270 g/mol. The lowest BCUT2D eigenvalue weighted by atomic mass is 10.1. The minimum atomic E-state index is -0.269. The van der Waals surface area contributed by atoms with Gasteiger partial charge in [-0.15, -0.1) is 0 Å². The van der Waals surface area contributed by atoms with Gasteiger partial charge in [0, 0.05) is 18.2 Å². The molecule has 1 fully saturated rings. The molecular formula is C15H15N3O3. The Morgan fingerprint density at radius 1 is 1.14 bits per heavy atom. The average molecular weight is 285 g/mol. The fraction of sp³-hybridized carbons (Fsp3) is 0.200. The number of H-pyrrole nitrogens is 1. The van der Waals surface area contributed by atoms with Gasteiger partial charge in [-0.1, -0.05) is 30.3 Å². The van der Waals surface area contributed by atoms with Gasteiger partial charge in [0.2, 0.25) is 11.8 Å². The monoisotopic (exact) mass is 285 g/mol. The Morgan fingerprint density at radius 3 is 2.76 bits per heavy atom. The molecule has 0 atom stereocenters. The Bertz CT molecular complexity index is 651. The number of hydrogen-bond donors (Lipinski definition) is 2. The smallest absolute Gasteiger partial charge is 0.275 e. The largest absolute Gasteiger partial charge is 0.358 e. The molecule has 0 unspecified atom stereocenters. The zero-order valence-electron chi connectivity index (χ0n) is 11.3. The molecule has 2 heterocycles. The Kier molecular flexibility index (Phi) is 3.59. The van der Waals surface area contributed by atoms with E-state index in [0.717, 1.165) is 16.2 Å². The summed E-state index contributed by atoms with van der Waals surface area (Å²) in [6.45, 7) is -0.129. The molecule has 6 heteroatoms. The number of hydroxylamine groups is 2.